The minimum Gasteiger partial charge on any atom is -0.394 e. The average Bonchev–Trinajstić information content (AvgIpc) is 2.15. The molecule has 0 aromatic rings. The van der Waals surface area contributed by atoms with Gasteiger partial charge in [-0.1, -0.05) is 0 Å². The number of aliphatic hydroxyl groups excluding tert-OH is 4. The van der Waals surface area contributed by atoms with Crippen molar-refractivity contribution in [1.29, 1.82) is 0 Å². The molecule has 4 N–H and O–H groups in total. The Morgan fingerprint density at radius 2 is 1.77 bits per heavy atom. The highest BCUT2D eigenvalue weighted by atomic mass is 16.7. The molecular formula is C7H14O6. The van der Waals surface area contributed by atoms with Gasteiger partial charge >= 0.3 is 0 Å². The molecule has 0 radical (unpaired) electrons. The summed E-state index contributed by atoms with van der Waals surface area (Å²) in [5.41, 5.74) is 0. The van der Waals surface area contributed by atoms with Crippen LogP contribution < -0.4 is 0 Å². The van der Waals surface area contributed by atoms with E-state index in [2.05, 4.69) is 0 Å². The minimum absolute atomic E-state index is 0.440. The first-order valence-corrected chi connectivity index (χ1v) is 3.95. The number of hydrogen-bond donors (Lipinski definition) is 4. The fraction of sp³-hybridized carbons (Fsp3) is 1.00. The summed E-state index contributed by atoms with van der Waals surface area (Å²) in [5, 5.41) is 36.6. The fourth-order valence-electron chi connectivity index (χ4n) is 1.26. The van der Waals surface area contributed by atoms with Gasteiger partial charge in [-0.2, -0.15) is 0 Å². The van der Waals surface area contributed by atoms with E-state index in [0.29, 0.717) is 0 Å². The van der Waals surface area contributed by atoms with Gasteiger partial charge in [0.15, 0.2) is 6.29 Å². The molecule has 1 saturated heterocycles. The molecule has 1 heterocycles. The zero-order chi connectivity index (χ0) is 10.0. The Kier molecular flexibility index (Phi) is 3.60. The van der Waals surface area contributed by atoms with Gasteiger partial charge in [-0.15, -0.1) is 0 Å². The van der Waals surface area contributed by atoms with Gasteiger partial charge in [-0.3, -0.25) is 0 Å². The molecule has 0 bridgehead atoms. The number of ether oxygens (including phenoxy) is 2. The van der Waals surface area contributed by atoms with Gasteiger partial charge in [0.2, 0.25) is 0 Å². The van der Waals surface area contributed by atoms with Gasteiger partial charge in [0, 0.05) is 7.11 Å². The third kappa shape index (κ3) is 1.98. The van der Waals surface area contributed by atoms with E-state index in [1.165, 1.54) is 7.11 Å². The zero-order valence-electron chi connectivity index (χ0n) is 7.20. The van der Waals surface area contributed by atoms with Gasteiger partial charge in [0.1, 0.15) is 24.4 Å². The summed E-state index contributed by atoms with van der Waals surface area (Å²) in [6, 6.07) is 0. The molecule has 0 spiro atoms. The Morgan fingerprint density at radius 1 is 1.15 bits per heavy atom. The van der Waals surface area contributed by atoms with Gasteiger partial charge in [0.25, 0.3) is 0 Å². The van der Waals surface area contributed by atoms with Crippen molar-refractivity contribution >= 4 is 0 Å². The Morgan fingerprint density at radius 3 is 2.23 bits per heavy atom. The van der Waals surface area contributed by atoms with E-state index >= 15 is 0 Å². The summed E-state index contributed by atoms with van der Waals surface area (Å²) in [6.45, 7) is -0.440. The van der Waals surface area contributed by atoms with E-state index < -0.39 is 37.3 Å². The Balaban J connectivity index is 2.66. The molecule has 6 heteroatoms. The lowest BCUT2D eigenvalue weighted by Gasteiger charge is -2.38. The third-order valence-corrected chi connectivity index (χ3v) is 2.08. The lowest BCUT2D eigenvalue weighted by molar-refractivity contribution is -0.294. The van der Waals surface area contributed by atoms with Crippen LogP contribution in [0.3, 0.4) is 0 Å². The highest BCUT2D eigenvalue weighted by molar-refractivity contribution is 4.88. The first kappa shape index (κ1) is 10.8. The van der Waals surface area contributed by atoms with Crippen LogP contribution in [0, 0.1) is 0 Å². The SMILES string of the molecule is CO[C@@H]1O[C@H](CO)[C@H](O)[13C@H](O)[C@H]1O. The van der Waals surface area contributed by atoms with Crippen molar-refractivity contribution in [2.75, 3.05) is 13.7 Å². The van der Waals surface area contributed by atoms with Crippen molar-refractivity contribution in [3.05, 3.63) is 0 Å². The second kappa shape index (κ2) is 4.32. The van der Waals surface area contributed by atoms with Crippen LogP contribution in [-0.4, -0.2) is 64.8 Å². The average molecular weight is 195 g/mol. The van der Waals surface area contributed by atoms with E-state index in [1.807, 2.05) is 0 Å². The molecule has 1 fully saturated rings. The van der Waals surface area contributed by atoms with Crippen LogP contribution in [-0.2, 0) is 9.47 Å². The predicted octanol–water partition coefficient (Wildman–Crippen LogP) is -2.57. The highest BCUT2D eigenvalue weighted by Crippen LogP contribution is 2.20. The number of rotatable bonds is 2. The predicted molar refractivity (Wildman–Crippen MR) is 40.8 cm³/mol. The minimum atomic E-state index is -1.36. The number of methoxy groups -OCH3 is 1. The Labute approximate surface area is 75.3 Å². The van der Waals surface area contributed by atoms with Crippen LogP contribution in [0.1, 0.15) is 0 Å². The van der Waals surface area contributed by atoms with Gasteiger partial charge in [0.05, 0.1) is 6.61 Å². The van der Waals surface area contributed by atoms with Crippen molar-refractivity contribution in [1.82, 2.24) is 0 Å². The van der Waals surface area contributed by atoms with Gasteiger partial charge < -0.3 is 29.9 Å². The molecule has 0 unspecified atom stereocenters. The molecule has 5 atom stereocenters. The van der Waals surface area contributed by atoms with Crippen LogP contribution in [0.5, 0.6) is 0 Å². The van der Waals surface area contributed by atoms with Crippen LogP contribution >= 0.6 is 0 Å². The molecule has 0 amide bonds. The molecular weight excluding hydrogens is 181 g/mol. The van der Waals surface area contributed by atoms with E-state index in [9.17, 15) is 15.3 Å². The van der Waals surface area contributed by atoms with Crippen LogP contribution in [0.4, 0.5) is 0 Å². The molecule has 0 aromatic heterocycles. The molecule has 0 aliphatic carbocycles. The summed E-state index contributed by atoms with van der Waals surface area (Å²) in [6.07, 6.45) is -5.91. The molecule has 1 rings (SSSR count). The van der Waals surface area contributed by atoms with Gasteiger partial charge in [-0.25, -0.2) is 0 Å². The van der Waals surface area contributed by atoms with Gasteiger partial charge in [-0.05, 0) is 0 Å². The summed E-state index contributed by atoms with van der Waals surface area (Å²) >= 11 is 0. The first-order valence-electron chi connectivity index (χ1n) is 3.95. The summed E-state index contributed by atoms with van der Waals surface area (Å²) in [4.78, 5) is 0. The summed E-state index contributed by atoms with van der Waals surface area (Å²) in [7, 11) is 1.30. The van der Waals surface area contributed by atoms with E-state index in [1.54, 1.807) is 0 Å². The molecule has 1 aliphatic heterocycles. The largest absolute Gasteiger partial charge is 0.394 e. The maximum Gasteiger partial charge on any atom is 0.186 e. The Hall–Kier alpha value is -0.240. The van der Waals surface area contributed by atoms with E-state index in [-0.39, 0.29) is 0 Å². The normalized spacial score (nSPS) is 46.4. The number of aliphatic hydroxyl groups is 4. The van der Waals surface area contributed by atoms with Crippen molar-refractivity contribution in [3.8, 4) is 0 Å². The molecule has 13 heavy (non-hydrogen) atoms. The van der Waals surface area contributed by atoms with Crippen LogP contribution in [0.2, 0.25) is 0 Å². The lowest BCUT2D eigenvalue weighted by Crippen LogP contribution is -2.58. The Bertz CT molecular complexity index is 143. The second-order valence-electron chi connectivity index (χ2n) is 2.93. The van der Waals surface area contributed by atoms with Crippen molar-refractivity contribution in [2.45, 2.75) is 30.7 Å². The molecule has 78 valence electrons. The zero-order valence-corrected chi connectivity index (χ0v) is 7.20. The highest BCUT2D eigenvalue weighted by Gasteiger charge is 2.43. The van der Waals surface area contributed by atoms with Crippen molar-refractivity contribution < 1.29 is 29.9 Å². The lowest BCUT2D eigenvalue weighted by atomic mass is 10.2. The molecule has 1 aliphatic rings. The number of hydrogen-bond acceptors (Lipinski definition) is 6. The standard InChI is InChI=1S/C7H14O6/c1-12-7-6(11)5(10)4(9)3(2-8)13-7/h3-11H,2H2,1H3/t3-,4+,5+,6-,7-/m1/s1/i5+1. The topological polar surface area (TPSA) is 99.4 Å². The van der Waals surface area contributed by atoms with E-state index in [0.717, 1.165) is 0 Å². The smallest absolute Gasteiger partial charge is 0.186 e. The van der Waals surface area contributed by atoms with Crippen LogP contribution in [0.15, 0.2) is 0 Å². The maximum absolute atomic E-state index is 9.28. The van der Waals surface area contributed by atoms with Crippen molar-refractivity contribution in [2.24, 2.45) is 0 Å². The maximum atomic E-state index is 9.28. The third-order valence-electron chi connectivity index (χ3n) is 2.08. The monoisotopic (exact) mass is 195 g/mol. The summed E-state index contributed by atoms with van der Waals surface area (Å²) in [5.74, 6) is 0. The second-order valence-corrected chi connectivity index (χ2v) is 2.93. The quantitative estimate of drug-likeness (QED) is 0.361. The molecule has 0 saturated carbocycles. The van der Waals surface area contributed by atoms with Crippen LogP contribution in [0.25, 0.3) is 0 Å². The summed E-state index contributed by atoms with van der Waals surface area (Å²) < 4.78 is 9.65. The van der Waals surface area contributed by atoms with Crippen molar-refractivity contribution in [3.63, 3.8) is 0 Å². The fourth-order valence-corrected chi connectivity index (χ4v) is 1.26. The molecule has 6 nitrogen and oxygen atoms in total. The van der Waals surface area contributed by atoms with E-state index in [4.69, 9.17) is 14.6 Å². The molecule has 0 aromatic carbocycles. The first-order chi connectivity index (χ1) is 6.11.